The van der Waals surface area contributed by atoms with Gasteiger partial charge in [-0.1, -0.05) is 170 Å². The molecule has 8 rings (SSSR count). The summed E-state index contributed by atoms with van der Waals surface area (Å²) in [5.74, 6) is 0.942. The topological polar surface area (TPSA) is 63.8 Å². The summed E-state index contributed by atoms with van der Waals surface area (Å²) >= 11 is 1.81. The molecule has 3 aromatic heterocycles. The van der Waals surface area contributed by atoms with E-state index >= 15 is 0 Å². The van der Waals surface area contributed by atoms with E-state index in [1.165, 1.54) is 21.6 Å². The van der Waals surface area contributed by atoms with Crippen molar-refractivity contribution in [3.05, 3.63) is 136 Å². The molecule has 0 aliphatic rings. The van der Waals surface area contributed by atoms with Crippen LogP contribution in [-0.4, -0.2) is 24.6 Å². The third-order valence-corrected chi connectivity index (χ3v) is 14.0. The summed E-state index contributed by atoms with van der Waals surface area (Å²) < 4.78 is 3.38. The van der Waals surface area contributed by atoms with Crippen LogP contribution in [0, 0.1) is 18.4 Å². The Balaban J connectivity index is 0.00000648. The van der Waals surface area contributed by atoms with Gasteiger partial charge in [0.1, 0.15) is 17.9 Å². The maximum atomic E-state index is 12.6. The van der Waals surface area contributed by atoms with Crippen LogP contribution in [0.25, 0.3) is 71.8 Å². The summed E-state index contributed by atoms with van der Waals surface area (Å²) in [4.78, 5) is 16.9. The van der Waals surface area contributed by atoms with Gasteiger partial charge in [0.05, 0.1) is 27.8 Å². The number of aromatic nitrogens is 4. The van der Waals surface area contributed by atoms with Crippen molar-refractivity contribution < 1.29 is 26.2 Å². The van der Waals surface area contributed by atoms with E-state index in [9.17, 15) is 5.11 Å². The van der Waals surface area contributed by atoms with E-state index in [-0.39, 0.29) is 53.9 Å². The average Bonchev–Trinajstić information content (AvgIpc) is 3.75. The number of rotatable bonds is 6. The van der Waals surface area contributed by atoms with Gasteiger partial charge >= 0.3 is 0 Å². The Morgan fingerprint density at radius 2 is 1.23 bits per heavy atom. The van der Waals surface area contributed by atoms with E-state index in [1.54, 1.807) is 6.33 Å². The number of hydrogen-bond acceptors (Lipinski definition) is 5. The van der Waals surface area contributed by atoms with Crippen LogP contribution in [-0.2, 0) is 49.1 Å². The van der Waals surface area contributed by atoms with E-state index in [2.05, 4.69) is 212 Å². The van der Waals surface area contributed by atoms with Crippen LogP contribution in [0.15, 0.2) is 97.3 Å². The molecule has 5 nitrogen and oxygen atoms in total. The molecule has 0 saturated carbocycles. The molecule has 66 heavy (non-hydrogen) atoms. The van der Waals surface area contributed by atoms with E-state index in [0.717, 1.165) is 78.0 Å². The molecule has 3 heterocycles. The summed E-state index contributed by atoms with van der Waals surface area (Å²) in [6, 6.07) is 36.8. The van der Waals surface area contributed by atoms with E-state index in [0.29, 0.717) is 11.4 Å². The Hall–Kier alpha value is -4.90. The molecule has 346 valence electrons. The fourth-order valence-corrected chi connectivity index (χ4v) is 10.3. The minimum Gasteiger partial charge on any atom is -0.507 e. The first-order valence-electron chi connectivity index (χ1n) is 23.1. The van der Waals surface area contributed by atoms with Gasteiger partial charge < -0.3 is 5.11 Å². The molecule has 0 spiro atoms. The number of nitrogens with zero attached hydrogens (tertiary/aromatic N) is 4. The van der Waals surface area contributed by atoms with E-state index in [1.807, 2.05) is 11.3 Å². The maximum absolute atomic E-state index is 12.6. The number of hydrogen-bond donors (Lipinski definition) is 1. The number of imidazole rings is 1. The fourth-order valence-electron chi connectivity index (χ4n) is 8.78. The monoisotopic (exact) mass is 1070 g/mol. The molecule has 0 fully saturated rings. The first-order chi connectivity index (χ1) is 30.2. The predicted octanol–water partition coefficient (Wildman–Crippen LogP) is 16.3. The second kappa shape index (κ2) is 17.3. The van der Waals surface area contributed by atoms with Crippen molar-refractivity contribution in [2.24, 2.45) is 5.41 Å². The Bertz CT molecular complexity index is 3100. The largest absolute Gasteiger partial charge is 0.507 e. The van der Waals surface area contributed by atoms with Gasteiger partial charge in [0.15, 0.2) is 0 Å². The number of para-hydroxylation sites is 1. The summed E-state index contributed by atoms with van der Waals surface area (Å²) in [5.41, 5.74) is 15.5. The Morgan fingerprint density at radius 3 is 1.85 bits per heavy atom. The van der Waals surface area contributed by atoms with Crippen molar-refractivity contribution in [1.82, 2.24) is 19.5 Å². The molecule has 0 saturated heterocycles. The van der Waals surface area contributed by atoms with E-state index in [4.69, 9.17) is 15.0 Å². The molecule has 0 atom stereocenters. The van der Waals surface area contributed by atoms with Gasteiger partial charge in [-0.3, -0.25) is 9.55 Å². The molecule has 7 heteroatoms. The Kier molecular flexibility index (Phi) is 12.9. The second-order valence-corrected chi connectivity index (χ2v) is 24.6. The normalized spacial score (nSPS) is 12.8. The van der Waals surface area contributed by atoms with Gasteiger partial charge in [-0.25, -0.2) is 9.97 Å². The van der Waals surface area contributed by atoms with Crippen molar-refractivity contribution in [3.8, 4) is 56.3 Å². The average molecular weight is 1080 g/mol. The molecule has 0 unspecified atom stereocenters. The first kappa shape index (κ1) is 49.0. The molecular formula is C59H67N4OPtS-. The SMILES string of the molecule is Cc1c(CC(C)(C)C)sc2c(-c3[c-]c(-c4cccc5c4nc(-c4cc(C(C)(C)C)cc(C(C)(C)C)c4O)n5-c4ccc(C(C)(C)C)cc4-c4ccccc4)cc(C(C)(C)C)c3)ncnc12.[Pt]. The smallest absolute Gasteiger partial charge is 0.148 e. The van der Waals surface area contributed by atoms with Gasteiger partial charge in [-0.2, -0.15) is 0 Å². The zero-order chi connectivity index (χ0) is 47.2. The van der Waals surface area contributed by atoms with Crippen LogP contribution in [0.5, 0.6) is 5.75 Å². The molecule has 0 aliphatic heterocycles. The van der Waals surface area contributed by atoms with Crippen LogP contribution >= 0.6 is 11.3 Å². The summed E-state index contributed by atoms with van der Waals surface area (Å²) in [6.45, 7) is 35.9. The number of benzene rings is 5. The van der Waals surface area contributed by atoms with Gasteiger partial charge in [-0.05, 0) is 86.9 Å². The number of fused-ring (bicyclic) bond motifs is 2. The Morgan fingerprint density at radius 1 is 0.606 bits per heavy atom. The molecular weight excluding hydrogens is 1010 g/mol. The van der Waals surface area contributed by atoms with Crippen molar-refractivity contribution in [1.29, 1.82) is 0 Å². The molecule has 0 bridgehead atoms. The van der Waals surface area contributed by atoms with Crippen molar-refractivity contribution in [2.75, 3.05) is 0 Å². The van der Waals surface area contributed by atoms with Crippen molar-refractivity contribution in [2.45, 2.75) is 139 Å². The number of aryl methyl sites for hydroxylation is 1. The number of aromatic hydroxyl groups is 1. The summed E-state index contributed by atoms with van der Waals surface area (Å²) in [5, 5.41) is 12.6. The number of phenolic OH excluding ortho intramolecular Hbond substituents is 1. The van der Waals surface area contributed by atoms with Crippen molar-refractivity contribution in [3.63, 3.8) is 0 Å². The standard InChI is InChI=1S/C59H67N4OS.Pt/c1-35-48(33-55(2,3)4)65-53-49(35)60-34-61-50(53)38-27-37(28-40(29-38)57(8,9)10)42-23-20-24-47-51(42)62-54(44-31-41(58(11,12)13)32-45(52(44)64)59(14,15)16)63(47)46-26-25-39(56(5,6)7)30-43(46)36-21-18-17-19-22-36;/h17-26,28-32,34,64H,33H2,1-16H3;/q-1;. The van der Waals surface area contributed by atoms with Crippen LogP contribution in [0.2, 0.25) is 0 Å². The minimum absolute atomic E-state index is 0. The quantitative estimate of drug-likeness (QED) is 0.169. The zero-order valence-corrected chi connectivity index (χ0v) is 45.0. The molecule has 0 aliphatic carbocycles. The van der Waals surface area contributed by atoms with Crippen LogP contribution in [0.1, 0.15) is 137 Å². The Labute approximate surface area is 412 Å². The number of phenols is 1. The molecule has 0 amide bonds. The van der Waals surface area contributed by atoms with Crippen LogP contribution in [0.4, 0.5) is 0 Å². The molecule has 1 N–H and O–H groups in total. The third kappa shape index (κ3) is 9.47. The zero-order valence-electron chi connectivity index (χ0n) is 41.9. The van der Waals surface area contributed by atoms with Crippen LogP contribution in [0.3, 0.4) is 0 Å². The summed E-state index contributed by atoms with van der Waals surface area (Å²) in [6.07, 6.45) is 2.68. The van der Waals surface area contributed by atoms with Gasteiger partial charge in [-0.15, -0.1) is 40.7 Å². The van der Waals surface area contributed by atoms with Crippen LogP contribution < -0.4 is 0 Å². The van der Waals surface area contributed by atoms with Gasteiger partial charge in [0.25, 0.3) is 0 Å². The fraction of sp³-hybridized carbons (Fsp3) is 0.373. The second-order valence-electron chi connectivity index (χ2n) is 23.4. The molecule has 5 aromatic carbocycles. The minimum atomic E-state index is -0.328. The maximum Gasteiger partial charge on any atom is 0.148 e. The predicted molar refractivity (Wildman–Crippen MR) is 277 cm³/mol. The third-order valence-electron chi connectivity index (χ3n) is 12.7. The van der Waals surface area contributed by atoms with Gasteiger partial charge in [0, 0.05) is 47.5 Å². The molecule has 8 aromatic rings. The van der Waals surface area contributed by atoms with Gasteiger partial charge in [0.2, 0.25) is 0 Å². The molecule has 0 radical (unpaired) electrons. The number of thiophene rings is 1. The van der Waals surface area contributed by atoms with Crippen molar-refractivity contribution >= 4 is 32.6 Å². The first-order valence-corrected chi connectivity index (χ1v) is 23.9. The summed E-state index contributed by atoms with van der Waals surface area (Å²) in [7, 11) is 0. The van der Waals surface area contributed by atoms with E-state index < -0.39 is 0 Å².